The summed E-state index contributed by atoms with van der Waals surface area (Å²) in [6.45, 7) is 4.02. The van der Waals surface area contributed by atoms with Gasteiger partial charge in [0.25, 0.3) is 0 Å². The van der Waals surface area contributed by atoms with Crippen molar-refractivity contribution in [3.05, 3.63) is 53.0 Å². The van der Waals surface area contributed by atoms with E-state index in [1.54, 1.807) is 0 Å². The van der Waals surface area contributed by atoms with E-state index < -0.39 is 5.60 Å². The van der Waals surface area contributed by atoms with Crippen molar-refractivity contribution in [3.8, 4) is 0 Å². The Balaban J connectivity index is 1.92. The highest BCUT2D eigenvalue weighted by atomic mass is 35.5. The SMILES string of the molecule is Cn1c(C(C)(C)OC2C=CC(N)=CC2)nc2c#cc(Cl)cc21. The van der Waals surface area contributed by atoms with Gasteiger partial charge in [-0.25, -0.2) is 4.98 Å². The van der Waals surface area contributed by atoms with Crippen LogP contribution in [0.3, 0.4) is 0 Å². The quantitative estimate of drug-likeness (QED) is 0.946. The van der Waals surface area contributed by atoms with Crippen LogP contribution in [0.5, 0.6) is 0 Å². The zero-order chi connectivity index (χ0) is 15.9. The number of hydrogen-bond acceptors (Lipinski definition) is 3. The first-order valence-electron chi connectivity index (χ1n) is 7.15. The Kier molecular flexibility index (Phi) is 3.64. The van der Waals surface area contributed by atoms with E-state index in [0.29, 0.717) is 5.02 Å². The molecule has 0 amide bonds. The Morgan fingerprint density at radius 1 is 1.45 bits per heavy atom. The van der Waals surface area contributed by atoms with Crippen LogP contribution in [0.1, 0.15) is 26.1 Å². The Bertz CT molecular complexity index is 774. The number of aromatic nitrogens is 2. The van der Waals surface area contributed by atoms with E-state index in [1.807, 2.05) is 49.8 Å². The molecule has 0 saturated carbocycles. The van der Waals surface area contributed by atoms with Crippen LogP contribution in [0, 0.1) is 12.1 Å². The fraction of sp³-hybridized carbons (Fsp3) is 0.353. The molecule has 0 saturated heterocycles. The average molecular weight is 316 g/mol. The maximum absolute atomic E-state index is 6.23. The van der Waals surface area contributed by atoms with Crippen molar-refractivity contribution in [1.29, 1.82) is 0 Å². The molecule has 3 rings (SSSR count). The topological polar surface area (TPSA) is 53.1 Å². The van der Waals surface area contributed by atoms with Crippen molar-refractivity contribution in [1.82, 2.24) is 9.55 Å². The lowest BCUT2D eigenvalue weighted by atomic mass is 10.1. The van der Waals surface area contributed by atoms with Gasteiger partial charge in [-0.2, -0.15) is 0 Å². The van der Waals surface area contributed by atoms with Crippen LogP contribution in [0.4, 0.5) is 0 Å². The van der Waals surface area contributed by atoms with Gasteiger partial charge in [0.15, 0.2) is 0 Å². The fourth-order valence-corrected chi connectivity index (χ4v) is 2.87. The second kappa shape index (κ2) is 5.35. The summed E-state index contributed by atoms with van der Waals surface area (Å²) in [5.41, 5.74) is 7.62. The van der Waals surface area contributed by atoms with Crippen molar-refractivity contribution in [2.75, 3.05) is 0 Å². The number of nitrogens with two attached hydrogens (primary N) is 1. The van der Waals surface area contributed by atoms with Crippen molar-refractivity contribution >= 4 is 22.6 Å². The summed E-state index contributed by atoms with van der Waals surface area (Å²) in [6.07, 6.45) is 6.58. The first-order chi connectivity index (χ1) is 10.4. The smallest absolute Gasteiger partial charge is 0.142 e. The van der Waals surface area contributed by atoms with Crippen molar-refractivity contribution < 1.29 is 4.74 Å². The zero-order valence-corrected chi connectivity index (χ0v) is 13.6. The molecule has 1 aliphatic rings. The molecule has 0 bridgehead atoms. The minimum absolute atomic E-state index is 0.0127. The predicted octanol–water partition coefficient (Wildman–Crippen LogP) is 3.25. The number of aryl methyl sites for hydroxylation is 1. The van der Waals surface area contributed by atoms with Crippen LogP contribution in [-0.4, -0.2) is 15.7 Å². The van der Waals surface area contributed by atoms with Gasteiger partial charge in [0.05, 0.1) is 16.6 Å². The largest absolute Gasteiger partial charge is 0.399 e. The molecule has 1 atom stereocenters. The van der Waals surface area contributed by atoms with Gasteiger partial charge >= 0.3 is 0 Å². The fourth-order valence-electron chi connectivity index (χ4n) is 2.72. The predicted molar refractivity (Wildman–Crippen MR) is 87.3 cm³/mol. The maximum atomic E-state index is 6.23. The lowest BCUT2D eigenvalue weighted by Gasteiger charge is -2.29. The number of halogens is 1. The first-order valence-corrected chi connectivity index (χ1v) is 7.52. The van der Waals surface area contributed by atoms with Crippen LogP contribution in [0.2, 0.25) is 5.02 Å². The first kappa shape index (κ1) is 15.0. The molecule has 0 spiro atoms. The summed E-state index contributed by atoms with van der Waals surface area (Å²) >= 11 is 6.00. The van der Waals surface area contributed by atoms with Crippen molar-refractivity contribution in [3.63, 3.8) is 0 Å². The van der Waals surface area contributed by atoms with E-state index in [4.69, 9.17) is 22.1 Å². The minimum atomic E-state index is -0.553. The van der Waals surface area contributed by atoms with E-state index in [-0.39, 0.29) is 6.10 Å². The Morgan fingerprint density at radius 3 is 2.91 bits per heavy atom. The van der Waals surface area contributed by atoms with E-state index >= 15 is 0 Å². The number of rotatable bonds is 3. The molecular weight excluding hydrogens is 298 g/mol. The molecule has 4 nitrogen and oxygen atoms in total. The van der Waals surface area contributed by atoms with Crippen LogP contribution in [0.25, 0.3) is 11.0 Å². The molecule has 114 valence electrons. The second-order valence-corrected chi connectivity index (χ2v) is 6.34. The molecule has 0 fully saturated rings. The third-order valence-electron chi connectivity index (χ3n) is 3.78. The highest BCUT2D eigenvalue weighted by Gasteiger charge is 2.30. The molecule has 0 radical (unpaired) electrons. The maximum Gasteiger partial charge on any atom is 0.142 e. The van der Waals surface area contributed by atoms with Crippen molar-refractivity contribution in [2.24, 2.45) is 12.8 Å². The molecule has 1 aromatic heterocycles. The van der Waals surface area contributed by atoms with Crippen molar-refractivity contribution in [2.45, 2.75) is 32.0 Å². The molecule has 1 heterocycles. The lowest BCUT2D eigenvalue weighted by molar-refractivity contribution is -0.0615. The summed E-state index contributed by atoms with van der Waals surface area (Å²) < 4.78 is 8.21. The van der Waals surface area contributed by atoms with E-state index in [1.165, 1.54) is 0 Å². The molecule has 22 heavy (non-hydrogen) atoms. The van der Waals surface area contributed by atoms with E-state index in [2.05, 4.69) is 17.1 Å². The van der Waals surface area contributed by atoms with Gasteiger partial charge in [-0.3, -0.25) is 0 Å². The number of nitrogens with zero attached hydrogens (tertiary/aromatic N) is 2. The number of hydrogen-bond donors (Lipinski definition) is 1. The van der Waals surface area contributed by atoms with Gasteiger partial charge in [0.2, 0.25) is 0 Å². The number of fused-ring (bicyclic) bond motifs is 1. The van der Waals surface area contributed by atoms with Gasteiger partial charge < -0.3 is 15.0 Å². The summed E-state index contributed by atoms with van der Waals surface area (Å²) in [4.78, 5) is 4.63. The van der Waals surface area contributed by atoms with Crippen LogP contribution < -0.4 is 5.73 Å². The van der Waals surface area contributed by atoms with Gasteiger partial charge in [-0.15, -0.1) is 0 Å². The van der Waals surface area contributed by atoms with E-state index in [9.17, 15) is 0 Å². The Hall–Kier alpha value is -1.96. The van der Waals surface area contributed by atoms with Crippen LogP contribution in [-0.2, 0) is 17.4 Å². The molecule has 2 N–H and O–H groups in total. The molecule has 5 heteroatoms. The normalized spacial score (nSPS) is 18.4. The second-order valence-electron chi connectivity index (χ2n) is 5.94. The number of allylic oxidation sites excluding steroid dienone is 1. The average Bonchev–Trinajstić information content (AvgIpc) is 2.79. The van der Waals surface area contributed by atoms with Gasteiger partial charge in [-0.05, 0) is 44.5 Å². The summed E-state index contributed by atoms with van der Waals surface area (Å²) in [6, 6.07) is 7.66. The minimum Gasteiger partial charge on any atom is -0.399 e. The highest BCUT2D eigenvalue weighted by Crippen LogP contribution is 2.30. The van der Waals surface area contributed by atoms with Gasteiger partial charge in [0.1, 0.15) is 16.9 Å². The molecule has 0 aliphatic heterocycles. The summed E-state index contributed by atoms with van der Waals surface area (Å²) in [5.74, 6) is 0.824. The monoisotopic (exact) mass is 315 g/mol. The zero-order valence-electron chi connectivity index (χ0n) is 12.9. The third-order valence-corrected chi connectivity index (χ3v) is 3.98. The molecule has 1 aliphatic carbocycles. The third kappa shape index (κ3) is 2.70. The van der Waals surface area contributed by atoms with Gasteiger partial charge in [-0.1, -0.05) is 23.8 Å². The molecule has 2 aromatic rings. The van der Waals surface area contributed by atoms with Crippen LogP contribution >= 0.6 is 11.6 Å². The van der Waals surface area contributed by atoms with Crippen LogP contribution in [0.15, 0.2) is 30.0 Å². The lowest BCUT2D eigenvalue weighted by Crippen LogP contribution is -2.31. The summed E-state index contributed by atoms with van der Waals surface area (Å²) in [5, 5.41) is 0.525. The van der Waals surface area contributed by atoms with Gasteiger partial charge in [0, 0.05) is 12.7 Å². The Morgan fingerprint density at radius 2 is 2.23 bits per heavy atom. The highest BCUT2D eigenvalue weighted by molar-refractivity contribution is 6.30. The number of imidazole rings is 1. The van der Waals surface area contributed by atoms with E-state index in [0.717, 1.165) is 29.0 Å². The summed E-state index contributed by atoms with van der Waals surface area (Å²) in [7, 11) is 1.95. The standard InChI is InChI=1S/C17H18ClN3O/c1-17(2,22-13-7-5-12(19)6-8-13)16-20-14-9-4-11(18)10-15(14)21(16)3/h5-7,10,13H,8,19H2,1-3H3. The Labute approximate surface area is 135 Å². The molecular formula is C17H18ClN3O. The number of ether oxygens (including phenoxy) is 1. The molecule has 1 unspecified atom stereocenters. The molecule has 1 aromatic carbocycles.